The summed E-state index contributed by atoms with van der Waals surface area (Å²) in [6, 6.07) is 19.6. The molecule has 1 aliphatic heterocycles. The molecule has 0 aliphatic carbocycles. The molecule has 0 fully saturated rings. The van der Waals surface area contributed by atoms with E-state index in [0.717, 1.165) is 27.9 Å². The SMILES string of the molecule is C=C1C=C(c2ccc(OC(=O)Cc3c(C)n(C(=O)c4ccc(Cl)cc4)c4ccc(OC)cc34)cc2)SS1.CC.CO. The lowest BCUT2D eigenvalue weighted by Gasteiger charge is -2.08. The van der Waals surface area contributed by atoms with Crippen LogP contribution in [0.5, 0.6) is 11.5 Å². The minimum atomic E-state index is -0.421. The molecule has 0 amide bonds. The molecule has 41 heavy (non-hydrogen) atoms. The molecule has 0 spiro atoms. The highest BCUT2D eigenvalue weighted by Gasteiger charge is 2.23. The molecule has 3 aromatic carbocycles. The van der Waals surface area contributed by atoms with Crippen LogP contribution in [-0.4, -0.2) is 35.8 Å². The van der Waals surface area contributed by atoms with Gasteiger partial charge in [0.15, 0.2) is 0 Å². The van der Waals surface area contributed by atoms with Gasteiger partial charge >= 0.3 is 5.97 Å². The van der Waals surface area contributed by atoms with E-state index < -0.39 is 5.97 Å². The van der Waals surface area contributed by atoms with Gasteiger partial charge in [-0.2, -0.15) is 0 Å². The third kappa shape index (κ3) is 7.45. The fourth-order valence-corrected chi connectivity index (χ4v) is 6.37. The number of ether oxygens (including phenoxy) is 2. The van der Waals surface area contributed by atoms with Gasteiger partial charge in [0.2, 0.25) is 0 Å². The molecule has 0 bridgehead atoms. The summed E-state index contributed by atoms with van der Waals surface area (Å²) in [5.74, 6) is 0.461. The molecule has 1 aromatic heterocycles. The molecule has 0 atom stereocenters. The van der Waals surface area contributed by atoms with Crippen LogP contribution in [-0.2, 0) is 11.2 Å². The molecule has 9 heteroatoms. The largest absolute Gasteiger partial charge is 0.497 e. The fraction of sp³-hybridized carbons (Fsp3) is 0.188. The predicted octanol–water partition coefficient (Wildman–Crippen LogP) is 8.33. The average molecular weight is 610 g/mol. The molecule has 4 aromatic rings. The first kappa shape index (κ1) is 32.1. The zero-order valence-corrected chi connectivity index (χ0v) is 26.0. The van der Waals surface area contributed by atoms with Crippen molar-refractivity contribution in [1.82, 2.24) is 4.57 Å². The number of carbonyl (C=O) groups is 2. The normalized spacial score (nSPS) is 12.1. The van der Waals surface area contributed by atoms with Crippen molar-refractivity contribution in [1.29, 1.82) is 0 Å². The Balaban J connectivity index is 0.00000111. The van der Waals surface area contributed by atoms with E-state index in [0.29, 0.717) is 38.9 Å². The van der Waals surface area contributed by atoms with Crippen LogP contribution in [0.4, 0.5) is 0 Å². The first-order valence-electron chi connectivity index (χ1n) is 12.8. The number of methoxy groups -OCH3 is 1. The molecule has 5 rings (SSSR count). The lowest BCUT2D eigenvalue weighted by Crippen LogP contribution is -2.15. The van der Waals surface area contributed by atoms with Crippen molar-refractivity contribution < 1.29 is 24.2 Å². The van der Waals surface area contributed by atoms with E-state index in [-0.39, 0.29) is 12.3 Å². The minimum Gasteiger partial charge on any atom is -0.497 e. The van der Waals surface area contributed by atoms with Gasteiger partial charge in [0, 0.05) is 38.6 Å². The zero-order chi connectivity index (χ0) is 30.1. The maximum atomic E-state index is 13.5. The quantitative estimate of drug-likeness (QED) is 0.134. The second kappa shape index (κ2) is 15.0. The smallest absolute Gasteiger partial charge is 0.315 e. The molecule has 0 unspecified atom stereocenters. The Bertz CT molecular complexity index is 1570. The van der Waals surface area contributed by atoms with Crippen molar-refractivity contribution in [3.8, 4) is 11.5 Å². The van der Waals surface area contributed by atoms with E-state index in [1.807, 2.05) is 51.1 Å². The minimum absolute atomic E-state index is 0.00435. The van der Waals surface area contributed by atoms with Gasteiger partial charge in [0.25, 0.3) is 5.91 Å². The summed E-state index contributed by atoms with van der Waals surface area (Å²) in [6.07, 6.45) is 2.03. The van der Waals surface area contributed by atoms with Crippen LogP contribution >= 0.6 is 33.2 Å². The Hall–Kier alpha value is -3.43. The number of aliphatic hydroxyl groups excluding tert-OH is 1. The Morgan fingerprint density at radius 1 is 0.951 bits per heavy atom. The number of carbonyl (C=O) groups excluding carboxylic acids is 2. The summed E-state index contributed by atoms with van der Waals surface area (Å²) in [5.41, 5.74) is 3.60. The highest BCUT2D eigenvalue weighted by atomic mass is 35.5. The lowest BCUT2D eigenvalue weighted by molar-refractivity contribution is -0.133. The highest BCUT2D eigenvalue weighted by molar-refractivity contribution is 8.82. The van der Waals surface area contributed by atoms with Gasteiger partial charge in [0.1, 0.15) is 11.5 Å². The van der Waals surface area contributed by atoms with Gasteiger partial charge in [-0.25, -0.2) is 0 Å². The number of hydrogen-bond acceptors (Lipinski definition) is 7. The Morgan fingerprint density at radius 2 is 1.59 bits per heavy atom. The van der Waals surface area contributed by atoms with Crippen LogP contribution in [0.3, 0.4) is 0 Å². The summed E-state index contributed by atoms with van der Waals surface area (Å²) in [6.45, 7) is 9.79. The number of halogens is 1. The van der Waals surface area contributed by atoms with Crippen molar-refractivity contribution in [2.24, 2.45) is 0 Å². The third-order valence-electron chi connectivity index (χ3n) is 6.06. The van der Waals surface area contributed by atoms with Gasteiger partial charge in [-0.15, -0.1) is 0 Å². The number of rotatable bonds is 6. The summed E-state index contributed by atoms with van der Waals surface area (Å²) in [7, 11) is 5.87. The Kier molecular flexibility index (Phi) is 11.7. The number of hydrogen-bond donors (Lipinski definition) is 1. The van der Waals surface area contributed by atoms with E-state index in [9.17, 15) is 9.59 Å². The van der Waals surface area contributed by atoms with Crippen molar-refractivity contribution in [3.63, 3.8) is 0 Å². The van der Waals surface area contributed by atoms with Crippen LogP contribution in [0.25, 0.3) is 15.8 Å². The van der Waals surface area contributed by atoms with Gasteiger partial charge in [0.05, 0.1) is 19.0 Å². The third-order valence-corrected chi connectivity index (χ3v) is 8.69. The van der Waals surface area contributed by atoms with Crippen molar-refractivity contribution in [2.45, 2.75) is 27.2 Å². The molecule has 214 valence electrons. The number of allylic oxidation sites excluding steroid dienone is 1. The number of fused-ring (bicyclic) bond motifs is 1. The monoisotopic (exact) mass is 609 g/mol. The van der Waals surface area contributed by atoms with Gasteiger partial charge in [-0.3, -0.25) is 14.2 Å². The first-order valence-corrected chi connectivity index (χ1v) is 15.4. The van der Waals surface area contributed by atoms with Crippen molar-refractivity contribution in [3.05, 3.63) is 112 Å². The van der Waals surface area contributed by atoms with Gasteiger partial charge < -0.3 is 14.6 Å². The van der Waals surface area contributed by atoms with E-state index >= 15 is 0 Å². The standard InChI is InChI=1S/C29H22ClNO4S2.C2H6.CH4O/c1-17-14-27(37-36-17)19-6-10-22(11-7-19)35-28(32)16-24-18(2)31(26-13-12-23(34-3)15-25(24)26)29(33)20-4-8-21(30)9-5-20;2*1-2/h4-15H,1,16H2,2-3H3;1-2H3;2H,1H3. The van der Waals surface area contributed by atoms with Crippen molar-refractivity contribution >= 4 is 60.9 Å². The predicted molar refractivity (Wildman–Crippen MR) is 172 cm³/mol. The number of aliphatic hydroxyl groups is 1. The summed E-state index contributed by atoms with van der Waals surface area (Å²) in [5, 5.41) is 8.31. The molecule has 0 radical (unpaired) electrons. The zero-order valence-electron chi connectivity index (χ0n) is 23.6. The average Bonchev–Trinajstić information content (AvgIpc) is 3.55. The topological polar surface area (TPSA) is 77.8 Å². The molecule has 1 N–H and O–H groups in total. The van der Waals surface area contributed by atoms with Crippen LogP contribution in [0.1, 0.15) is 41.0 Å². The second-order valence-electron chi connectivity index (χ2n) is 8.41. The van der Waals surface area contributed by atoms with Crippen LogP contribution in [0, 0.1) is 6.92 Å². The van der Waals surface area contributed by atoms with E-state index in [1.54, 1.807) is 75.7 Å². The molecule has 2 heterocycles. The maximum Gasteiger partial charge on any atom is 0.315 e. The van der Waals surface area contributed by atoms with Gasteiger partial charge in [-0.05, 0) is 78.7 Å². The van der Waals surface area contributed by atoms with Crippen molar-refractivity contribution in [2.75, 3.05) is 14.2 Å². The summed E-state index contributed by atoms with van der Waals surface area (Å²) in [4.78, 5) is 28.6. The summed E-state index contributed by atoms with van der Waals surface area (Å²) >= 11 is 6.01. The Labute approximate surface area is 253 Å². The van der Waals surface area contributed by atoms with Crippen LogP contribution in [0.2, 0.25) is 5.02 Å². The summed E-state index contributed by atoms with van der Waals surface area (Å²) < 4.78 is 12.7. The van der Waals surface area contributed by atoms with Crippen LogP contribution in [0.15, 0.2) is 84.3 Å². The van der Waals surface area contributed by atoms with Crippen LogP contribution < -0.4 is 9.47 Å². The number of benzene rings is 3. The molecular formula is C32H32ClNO5S2. The molecule has 0 saturated carbocycles. The Morgan fingerprint density at radius 3 is 2.17 bits per heavy atom. The molecule has 0 saturated heterocycles. The highest BCUT2D eigenvalue weighted by Crippen LogP contribution is 2.48. The number of nitrogens with zero attached hydrogens (tertiary/aromatic N) is 1. The fourth-order valence-electron chi connectivity index (χ4n) is 4.22. The maximum absolute atomic E-state index is 13.5. The number of aromatic nitrogens is 1. The van der Waals surface area contributed by atoms with E-state index in [2.05, 4.69) is 6.58 Å². The number of esters is 1. The second-order valence-corrected chi connectivity index (χ2v) is 11.1. The molecular weight excluding hydrogens is 578 g/mol. The van der Waals surface area contributed by atoms with Gasteiger partial charge in [-0.1, -0.05) is 65.7 Å². The van der Waals surface area contributed by atoms with E-state index in [1.165, 1.54) is 0 Å². The molecule has 6 nitrogen and oxygen atoms in total. The lowest BCUT2D eigenvalue weighted by atomic mass is 10.1. The van der Waals surface area contributed by atoms with E-state index in [4.69, 9.17) is 26.2 Å². The first-order chi connectivity index (χ1) is 19.8. The molecule has 1 aliphatic rings.